The van der Waals surface area contributed by atoms with Crippen molar-refractivity contribution in [2.75, 3.05) is 27.4 Å². The number of carbonyl (C=O) groups is 1. The van der Waals surface area contributed by atoms with Crippen molar-refractivity contribution in [3.05, 3.63) is 53.1 Å². The summed E-state index contributed by atoms with van der Waals surface area (Å²) >= 11 is 0. The highest BCUT2D eigenvalue weighted by molar-refractivity contribution is 5.94. The lowest BCUT2D eigenvalue weighted by molar-refractivity contribution is 0.0946. The van der Waals surface area contributed by atoms with Gasteiger partial charge in [-0.15, -0.1) is 0 Å². The van der Waals surface area contributed by atoms with Gasteiger partial charge in [0.15, 0.2) is 11.5 Å². The number of aryl methyl sites for hydroxylation is 2. The minimum Gasteiger partial charge on any atom is -0.493 e. The summed E-state index contributed by atoms with van der Waals surface area (Å²) in [7, 11) is 3.10. The normalized spacial score (nSPS) is 10.2. The Hall–Kier alpha value is -2.69. The minimum atomic E-state index is -0.181. The van der Waals surface area contributed by atoms with Crippen molar-refractivity contribution in [1.82, 2.24) is 5.32 Å². The molecule has 0 aromatic heterocycles. The van der Waals surface area contributed by atoms with E-state index in [-0.39, 0.29) is 5.91 Å². The molecule has 0 saturated heterocycles. The predicted octanol–water partition coefficient (Wildman–Crippen LogP) is 3.13. The molecule has 0 aliphatic carbocycles. The molecule has 1 N–H and O–H groups in total. The van der Waals surface area contributed by atoms with Crippen molar-refractivity contribution in [2.45, 2.75) is 13.8 Å². The van der Waals surface area contributed by atoms with Gasteiger partial charge in [0.25, 0.3) is 5.91 Å². The molecule has 0 spiro atoms. The van der Waals surface area contributed by atoms with Crippen LogP contribution >= 0.6 is 0 Å². The number of nitrogens with one attached hydrogen (secondary N) is 1. The van der Waals surface area contributed by atoms with Crippen LogP contribution < -0.4 is 19.5 Å². The van der Waals surface area contributed by atoms with E-state index < -0.39 is 0 Å². The van der Waals surface area contributed by atoms with Crippen LogP contribution in [0.2, 0.25) is 0 Å². The van der Waals surface area contributed by atoms with Gasteiger partial charge >= 0.3 is 0 Å². The second-order valence-corrected chi connectivity index (χ2v) is 5.50. The molecule has 0 radical (unpaired) electrons. The van der Waals surface area contributed by atoms with Gasteiger partial charge in [-0.05, 0) is 55.3 Å². The molecular weight excluding hydrogens is 306 g/mol. The first kappa shape index (κ1) is 17.7. The van der Waals surface area contributed by atoms with Crippen molar-refractivity contribution in [3.63, 3.8) is 0 Å². The van der Waals surface area contributed by atoms with Gasteiger partial charge in [-0.2, -0.15) is 0 Å². The predicted molar refractivity (Wildman–Crippen MR) is 93.3 cm³/mol. The summed E-state index contributed by atoms with van der Waals surface area (Å²) in [4.78, 5) is 12.2. The van der Waals surface area contributed by atoms with Gasteiger partial charge in [-0.1, -0.05) is 6.07 Å². The largest absolute Gasteiger partial charge is 0.493 e. The highest BCUT2D eigenvalue weighted by atomic mass is 16.5. The highest BCUT2D eigenvalue weighted by Crippen LogP contribution is 2.27. The van der Waals surface area contributed by atoms with E-state index in [0.29, 0.717) is 30.2 Å². The average molecular weight is 329 g/mol. The van der Waals surface area contributed by atoms with E-state index in [1.165, 1.54) is 7.11 Å². The van der Waals surface area contributed by atoms with Gasteiger partial charge in [0.05, 0.1) is 20.8 Å². The number of amides is 1. The van der Waals surface area contributed by atoms with E-state index in [1.807, 2.05) is 26.0 Å². The highest BCUT2D eigenvalue weighted by Gasteiger charge is 2.10. The molecule has 24 heavy (non-hydrogen) atoms. The lowest BCUT2D eigenvalue weighted by atomic mass is 10.1. The summed E-state index contributed by atoms with van der Waals surface area (Å²) in [6.07, 6.45) is 0. The molecule has 0 unspecified atom stereocenters. The Labute approximate surface area is 142 Å². The Balaban J connectivity index is 1.87. The number of benzene rings is 2. The standard InChI is InChI=1S/C19H23NO4/c1-13-9-14(2)11-16(10-13)24-8-7-20-19(21)15-5-6-17(22-3)18(12-15)23-4/h5-6,9-12H,7-8H2,1-4H3,(H,20,21). The quantitative estimate of drug-likeness (QED) is 0.793. The Morgan fingerprint density at radius 2 is 1.62 bits per heavy atom. The SMILES string of the molecule is COc1ccc(C(=O)NCCOc2cc(C)cc(C)c2)cc1OC. The van der Waals surface area contributed by atoms with Crippen molar-refractivity contribution in [2.24, 2.45) is 0 Å². The van der Waals surface area contributed by atoms with Crippen LogP contribution in [-0.4, -0.2) is 33.3 Å². The summed E-state index contributed by atoms with van der Waals surface area (Å²) in [5.41, 5.74) is 2.82. The van der Waals surface area contributed by atoms with Crippen LogP contribution in [0.1, 0.15) is 21.5 Å². The molecule has 0 aliphatic rings. The van der Waals surface area contributed by atoms with Crippen molar-refractivity contribution < 1.29 is 19.0 Å². The molecule has 0 heterocycles. The smallest absolute Gasteiger partial charge is 0.251 e. The Kier molecular flexibility index (Phi) is 6.07. The van der Waals surface area contributed by atoms with E-state index in [4.69, 9.17) is 14.2 Å². The summed E-state index contributed by atoms with van der Waals surface area (Å²) in [5.74, 6) is 1.75. The van der Waals surface area contributed by atoms with E-state index in [9.17, 15) is 4.79 Å². The molecular formula is C19H23NO4. The molecule has 1 amide bonds. The third-order valence-electron chi connectivity index (χ3n) is 3.50. The first-order chi connectivity index (χ1) is 11.5. The molecule has 0 bridgehead atoms. The maximum Gasteiger partial charge on any atom is 0.251 e. The Morgan fingerprint density at radius 1 is 0.958 bits per heavy atom. The molecule has 0 atom stereocenters. The summed E-state index contributed by atoms with van der Waals surface area (Å²) in [6.45, 7) is 4.87. The molecule has 5 heteroatoms. The van der Waals surface area contributed by atoms with Crippen LogP contribution in [-0.2, 0) is 0 Å². The second kappa shape index (κ2) is 8.24. The van der Waals surface area contributed by atoms with Gasteiger partial charge in [0.1, 0.15) is 12.4 Å². The number of rotatable bonds is 7. The first-order valence-electron chi connectivity index (χ1n) is 7.75. The molecule has 128 valence electrons. The second-order valence-electron chi connectivity index (χ2n) is 5.50. The molecule has 2 aromatic rings. The topological polar surface area (TPSA) is 56.8 Å². The van der Waals surface area contributed by atoms with Crippen molar-refractivity contribution in [3.8, 4) is 17.2 Å². The molecule has 0 fully saturated rings. The van der Waals surface area contributed by atoms with Crippen LogP contribution in [0.3, 0.4) is 0 Å². The van der Waals surface area contributed by atoms with E-state index in [2.05, 4.69) is 11.4 Å². The monoisotopic (exact) mass is 329 g/mol. The maximum atomic E-state index is 12.2. The Morgan fingerprint density at radius 3 is 2.25 bits per heavy atom. The lowest BCUT2D eigenvalue weighted by Crippen LogP contribution is -2.28. The summed E-state index contributed by atoms with van der Waals surface area (Å²) in [6, 6.07) is 11.1. The molecule has 2 aromatic carbocycles. The average Bonchev–Trinajstić information content (AvgIpc) is 2.57. The number of methoxy groups -OCH3 is 2. The maximum absolute atomic E-state index is 12.2. The summed E-state index contributed by atoms with van der Waals surface area (Å²) < 4.78 is 16.0. The van der Waals surface area contributed by atoms with Crippen molar-refractivity contribution >= 4 is 5.91 Å². The van der Waals surface area contributed by atoms with Gasteiger partial charge in [-0.25, -0.2) is 0 Å². The Bertz CT molecular complexity index is 692. The van der Waals surface area contributed by atoms with Crippen molar-refractivity contribution in [1.29, 1.82) is 0 Å². The van der Waals surface area contributed by atoms with Crippen LogP contribution in [0.5, 0.6) is 17.2 Å². The van der Waals surface area contributed by atoms with Gasteiger partial charge in [-0.3, -0.25) is 4.79 Å². The number of carbonyl (C=O) groups excluding carboxylic acids is 1. The number of hydrogen-bond donors (Lipinski definition) is 1. The third-order valence-corrected chi connectivity index (χ3v) is 3.50. The first-order valence-corrected chi connectivity index (χ1v) is 7.75. The molecule has 0 saturated carbocycles. The van der Waals surface area contributed by atoms with E-state index >= 15 is 0 Å². The molecule has 0 aliphatic heterocycles. The van der Waals surface area contributed by atoms with Gasteiger partial charge < -0.3 is 19.5 Å². The summed E-state index contributed by atoms with van der Waals surface area (Å²) in [5, 5.41) is 2.83. The van der Waals surface area contributed by atoms with Gasteiger partial charge in [0.2, 0.25) is 0 Å². The third kappa shape index (κ3) is 4.65. The minimum absolute atomic E-state index is 0.181. The fourth-order valence-corrected chi connectivity index (χ4v) is 2.43. The lowest BCUT2D eigenvalue weighted by Gasteiger charge is -2.11. The van der Waals surface area contributed by atoms with Gasteiger partial charge in [0, 0.05) is 5.56 Å². The van der Waals surface area contributed by atoms with E-state index in [1.54, 1.807) is 25.3 Å². The number of ether oxygens (including phenoxy) is 3. The fourth-order valence-electron chi connectivity index (χ4n) is 2.43. The molecule has 2 rings (SSSR count). The zero-order valence-corrected chi connectivity index (χ0v) is 14.5. The zero-order chi connectivity index (χ0) is 17.5. The zero-order valence-electron chi connectivity index (χ0n) is 14.5. The van der Waals surface area contributed by atoms with E-state index in [0.717, 1.165) is 16.9 Å². The fraction of sp³-hybridized carbons (Fsp3) is 0.316. The number of hydrogen-bond acceptors (Lipinski definition) is 4. The van der Waals surface area contributed by atoms with Crippen LogP contribution in [0.15, 0.2) is 36.4 Å². The molecule has 5 nitrogen and oxygen atoms in total. The van der Waals surface area contributed by atoms with Crippen LogP contribution in [0.25, 0.3) is 0 Å². The van der Waals surface area contributed by atoms with Crippen LogP contribution in [0, 0.1) is 13.8 Å². The van der Waals surface area contributed by atoms with Crippen LogP contribution in [0.4, 0.5) is 0 Å².